The van der Waals surface area contributed by atoms with Crippen molar-refractivity contribution < 1.29 is 4.74 Å². The summed E-state index contributed by atoms with van der Waals surface area (Å²) >= 11 is 2.08. The molecule has 0 aliphatic carbocycles. The average Bonchev–Trinajstić information content (AvgIpc) is 2.76. The molecule has 112 valence electrons. The Kier molecular flexibility index (Phi) is 5.24. The van der Waals surface area contributed by atoms with Crippen LogP contribution in [0.3, 0.4) is 0 Å². The Bertz CT molecular complexity index is 284. The fourth-order valence-electron chi connectivity index (χ4n) is 3.45. The third-order valence-corrected chi connectivity index (χ3v) is 6.21. The Labute approximate surface area is 123 Å². The second-order valence-electron chi connectivity index (χ2n) is 7.37. The average molecular weight is 285 g/mol. The molecule has 2 saturated heterocycles. The van der Waals surface area contributed by atoms with Crippen molar-refractivity contribution in [1.29, 1.82) is 0 Å². The topological polar surface area (TPSA) is 21.3 Å². The van der Waals surface area contributed by atoms with E-state index < -0.39 is 0 Å². The molecule has 2 rings (SSSR count). The molecule has 2 heterocycles. The smallest absolute Gasteiger partial charge is 0.0783 e. The van der Waals surface area contributed by atoms with E-state index in [-0.39, 0.29) is 5.60 Å². The highest BCUT2D eigenvalue weighted by molar-refractivity contribution is 7.99. The van der Waals surface area contributed by atoms with Crippen molar-refractivity contribution >= 4 is 11.8 Å². The highest BCUT2D eigenvalue weighted by Gasteiger charge is 2.44. The van der Waals surface area contributed by atoms with Crippen LogP contribution in [0.1, 0.15) is 53.4 Å². The number of thioether (sulfide) groups is 1. The summed E-state index contributed by atoms with van der Waals surface area (Å²) in [5.74, 6) is 3.35. The zero-order valence-electron chi connectivity index (χ0n) is 13.1. The molecule has 2 aliphatic heterocycles. The number of nitrogens with one attached hydrogen (secondary N) is 1. The van der Waals surface area contributed by atoms with E-state index in [1.807, 2.05) is 0 Å². The molecule has 0 aromatic carbocycles. The van der Waals surface area contributed by atoms with E-state index in [1.54, 1.807) is 0 Å². The van der Waals surface area contributed by atoms with Gasteiger partial charge in [-0.3, -0.25) is 0 Å². The van der Waals surface area contributed by atoms with Crippen LogP contribution in [0.2, 0.25) is 0 Å². The van der Waals surface area contributed by atoms with Crippen molar-refractivity contribution in [1.82, 2.24) is 5.32 Å². The first-order valence-electron chi connectivity index (χ1n) is 7.89. The van der Waals surface area contributed by atoms with Crippen molar-refractivity contribution in [2.45, 2.75) is 65.0 Å². The van der Waals surface area contributed by atoms with Gasteiger partial charge in [0.25, 0.3) is 0 Å². The molecule has 19 heavy (non-hydrogen) atoms. The van der Waals surface area contributed by atoms with Crippen LogP contribution < -0.4 is 5.32 Å². The van der Waals surface area contributed by atoms with Gasteiger partial charge >= 0.3 is 0 Å². The van der Waals surface area contributed by atoms with Gasteiger partial charge in [-0.2, -0.15) is 11.8 Å². The fraction of sp³-hybridized carbons (Fsp3) is 1.00. The summed E-state index contributed by atoms with van der Waals surface area (Å²) in [6.45, 7) is 11.5. The van der Waals surface area contributed by atoms with Crippen molar-refractivity contribution in [3.8, 4) is 0 Å². The summed E-state index contributed by atoms with van der Waals surface area (Å²) < 4.78 is 6.16. The first-order valence-corrected chi connectivity index (χ1v) is 9.04. The Morgan fingerprint density at radius 1 is 1.42 bits per heavy atom. The standard InChI is InChI=1S/C16H31NOS/c1-13(2)17-8-6-15(3,4)14-5-9-18-16(11-14)7-10-19-12-16/h13-14,17H,5-12H2,1-4H3. The van der Waals surface area contributed by atoms with E-state index in [1.165, 1.54) is 37.2 Å². The zero-order chi connectivity index (χ0) is 13.9. The molecule has 0 amide bonds. The summed E-state index contributed by atoms with van der Waals surface area (Å²) in [4.78, 5) is 0. The number of hydrogen-bond donors (Lipinski definition) is 1. The summed E-state index contributed by atoms with van der Waals surface area (Å²) in [7, 11) is 0. The predicted molar refractivity (Wildman–Crippen MR) is 84.9 cm³/mol. The van der Waals surface area contributed by atoms with Crippen LogP contribution in [-0.4, -0.2) is 36.3 Å². The zero-order valence-corrected chi connectivity index (χ0v) is 13.9. The molecule has 0 saturated carbocycles. The lowest BCUT2D eigenvalue weighted by Crippen LogP contribution is -2.44. The second-order valence-corrected chi connectivity index (χ2v) is 8.48. The quantitative estimate of drug-likeness (QED) is 0.832. The largest absolute Gasteiger partial charge is 0.374 e. The van der Waals surface area contributed by atoms with Gasteiger partial charge in [0, 0.05) is 18.4 Å². The molecule has 3 heteroatoms. The minimum atomic E-state index is 0.232. The third-order valence-electron chi connectivity index (χ3n) is 4.99. The van der Waals surface area contributed by atoms with Crippen molar-refractivity contribution in [2.24, 2.45) is 11.3 Å². The van der Waals surface area contributed by atoms with E-state index in [9.17, 15) is 0 Å². The normalized spacial score (nSPS) is 32.4. The van der Waals surface area contributed by atoms with Crippen LogP contribution in [0.5, 0.6) is 0 Å². The van der Waals surface area contributed by atoms with Crippen LogP contribution in [0, 0.1) is 11.3 Å². The van der Waals surface area contributed by atoms with E-state index in [0.29, 0.717) is 11.5 Å². The molecule has 2 fully saturated rings. The summed E-state index contributed by atoms with van der Waals surface area (Å²) in [5.41, 5.74) is 0.669. The van der Waals surface area contributed by atoms with Crippen molar-refractivity contribution in [3.05, 3.63) is 0 Å². The molecule has 0 aromatic heterocycles. The number of rotatable bonds is 5. The third kappa shape index (κ3) is 4.12. The first kappa shape index (κ1) is 15.7. The van der Waals surface area contributed by atoms with E-state index in [4.69, 9.17) is 4.74 Å². The Morgan fingerprint density at radius 2 is 2.21 bits per heavy atom. The number of ether oxygens (including phenoxy) is 1. The summed E-state index contributed by atoms with van der Waals surface area (Å²) in [6, 6.07) is 0.600. The molecule has 2 nitrogen and oxygen atoms in total. The molecule has 0 aromatic rings. The molecule has 2 aliphatic rings. The lowest BCUT2D eigenvalue weighted by Gasteiger charge is -2.45. The monoisotopic (exact) mass is 285 g/mol. The van der Waals surface area contributed by atoms with Gasteiger partial charge in [0.05, 0.1) is 5.60 Å². The molecule has 0 radical (unpaired) electrons. The lowest BCUT2D eigenvalue weighted by atomic mass is 9.68. The lowest BCUT2D eigenvalue weighted by molar-refractivity contribution is -0.101. The van der Waals surface area contributed by atoms with Crippen molar-refractivity contribution in [2.75, 3.05) is 24.7 Å². The summed E-state index contributed by atoms with van der Waals surface area (Å²) in [5, 5.41) is 3.57. The van der Waals surface area contributed by atoms with Gasteiger partial charge in [0.1, 0.15) is 0 Å². The van der Waals surface area contributed by atoms with E-state index in [0.717, 1.165) is 19.1 Å². The maximum absolute atomic E-state index is 6.16. The Balaban J connectivity index is 1.88. The van der Waals surface area contributed by atoms with Crippen LogP contribution in [0.4, 0.5) is 0 Å². The highest BCUT2D eigenvalue weighted by atomic mass is 32.2. The van der Waals surface area contributed by atoms with E-state index in [2.05, 4.69) is 44.8 Å². The van der Waals surface area contributed by atoms with Gasteiger partial charge in [-0.05, 0) is 49.3 Å². The number of hydrogen-bond acceptors (Lipinski definition) is 3. The Hall–Kier alpha value is 0.270. The molecule has 2 unspecified atom stereocenters. The van der Waals surface area contributed by atoms with Crippen LogP contribution in [0.25, 0.3) is 0 Å². The van der Waals surface area contributed by atoms with Gasteiger partial charge in [-0.15, -0.1) is 0 Å². The van der Waals surface area contributed by atoms with Crippen molar-refractivity contribution in [3.63, 3.8) is 0 Å². The Morgan fingerprint density at radius 3 is 2.84 bits per heavy atom. The van der Waals surface area contributed by atoms with Crippen LogP contribution in [0.15, 0.2) is 0 Å². The van der Waals surface area contributed by atoms with Gasteiger partial charge < -0.3 is 10.1 Å². The maximum Gasteiger partial charge on any atom is 0.0783 e. The van der Waals surface area contributed by atoms with Gasteiger partial charge in [0.2, 0.25) is 0 Å². The van der Waals surface area contributed by atoms with E-state index >= 15 is 0 Å². The fourth-order valence-corrected chi connectivity index (χ4v) is 4.82. The SMILES string of the molecule is CC(C)NCCC(C)(C)C1CCOC2(CCSC2)C1. The van der Waals surface area contributed by atoms with Crippen LogP contribution in [-0.2, 0) is 4.74 Å². The molecule has 1 N–H and O–H groups in total. The predicted octanol–water partition coefficient (Wildman–Crippen LogP) is 3.70. The molecule has 1 spiro atoms. The minimum absolute atomic E-state index is 0.232. The molecular weight excluding hydrogens is 254 g/mol. The highest BCUT2D eigenvalue weighted by Crippen LogP contribution is 2.46. The summed E-state index contributed by atoms with van der Waals surface area (Å²) in [6.07, 6.45) is 5.09. The van der Waals surface area contributed by atoms with Gasteiger partial charge in [-0.1, -0.05) is 27.7 Å². The first-order chi connectivity index (χ1) is 8.94. The van der Waals surface area contributed by atoms with Gasteiger partial charge in [-0.25, -0.2) is 0 Å². The minimum Gasteiger partial charge on any atom is -0.374 e. The maximum atomic E-state index is 6.16. The molecular formula is C16H31NOS. The van der Waals surface area contributed by atoms with Crippen LogP contribution >= 0.6 is 11.8 Å². The molecule has 2 atom stereocenters. The van der Waals surface area contributed by atoms with Gasteiger partial charge in [0.15, 0.2) is 0 Å². The second kappa shape index (κ2) is 6.36. The molecule has 0 bridgehead atoms.